The molecule has 0 atom stereocenters. The predicted octanol–water partition coefficient (Wildman–Crippen LogP) is 0.152. The third-order valence-corrected chi connectivity index (χ3v) is 0.808. The maximum atomic E-state index is 10.7. The van der Waals surface area contributed by atoms with Crippen LogP contribution in [0.1, 0.15) is 13.8 Å². The summed E-state index contributed by atoms with van der Waals surface area (Å²) in [7, 11) is 0. The van der Waals surface area contributed by atoms with Gasteiger partial charge >= 0.3 is 5.97 Å². The van der Waals surface area contributed by atoms with Crippen LogP contribution in [0.15, 0.2) is 12.2 Å². The Kier molecular flexibility index (Phi) is 3.95. The Balaban J connectivity index is 3.78. The lowest BCUT2D eigenvalue weighted by molar-refractivity contribution is -0.131. The number of nitrogens with one attached hydrogen (secondary N) is 1. The zero-order valence-electron chi connectivity index (χ0n) is 6.50. The topological polar surface area (TPSA) is 66.4 Å². The van der Waals surface area contributed by atoms with Crippen molar-refractivity contribution in [3.8, 4) is 0 Å². The minimum atomic E-state index is -1.12. The van der Waals surface area contributed by atoms with Gasteiger partial charge in [-0.2, -0.15) is 0 Å². The summed E-state index contributed by atoms with van der Waals surface area (Å²) in [6.07, 6.45) is 1.79. The Morgan fingerprint density at radius 2 is 1.91 bits per heavy atom. The molecule has 4 heteroatoms. The highest BCUT2D eigenvalue weighted by Gasteiger charge is 1.97. The molecule has 0 radical (unpaired) electrons. The lowest BCUT2D eigenvalue weighted by atomic mass is 10.4. The molecular formula is C7H11NO3. The van der Waals surface area contributed by atoms with Gasteiger partial charge in [-0.05, 0) is 13.8 Å². The molecule has 0 unspecified atom stereocenters. The van der Waals surface area contributed by atoms with Gasteiger partial charge in [-0.15, -0.1) is 0 Å². The number of rotatable bonds is 3. The molecule has 4 nitrogen and oxygen atoms in total. The number of carbonyl (C=O) groups excluding carboxylic acids is 1. The fourth-order valence-corrected chi connectivity index (χ4v) is 0.480. The zero-order valence-corrected chi connectivity index (χ0v) is 6.50. The van der Waals surface area contributed by atoms with Gasteiger partial charge in [0.1, 0.15) is 0 Å². The molecule has 0 fully saturated rings. The largest absolute Gasteiger partial charge is 0.478 e. The monoisotopic (exact) mass is 157 g/mol. The Hall–Kier alpha value is -1.32. The van der Waals surface area contributed by atoms with Crippen molar-refractivity contribution in [3.63, 3.8) is 0 Å². The second-order valence-electron chi connectivity index (χ2n) is 2.33. The van der Waals surface area contributed by atoms with Crippen LogP contribution in [0.2, 0.25) is 0 Å². The number of hydrogen-bond acceptors (Lipinski definition) is 2. The molecule has 0 aliphatic heterocycles. The number of carbonyl (C=O) groups is 2. The van der Waals surface area contributed by atoms with Gasteiger partial charge in [0.2, 0.25) is 5.91 Å². The van der Waals surface area contributed by atoms with Crippen LogP contribution in [-0.2, 0) is 9.59 Å². The summed E-state index contributed by atoms with van der Waals surface area (Å²) in [6, 6.07) is 0.0287. The van der Waals surface area contributed by atoms with Crippen molar-refractivity contribution in [2.45, 2.75) is 19.9 Å². The maximum absolute atomic E-state index is 10.7. The van der Waals surface area contributed by atoms with Gasteiger partial charge in [0.05, 0.1) is 0 Å². The molecule has 0 aromatic rings. The van der Waals surface area contributed by atoms with Crippen LogP contribution < -0.4 is 5.32 Å². The third kappa shape index (κ3) is 6.57. The number of amides is 1. The quantitative estimate of drug-likeness (QED) is 0.573. The van der Waals surface area contributed by atoms with Gasteiger partial charge in [-0.1, -0.05) is 0 Å². The lowest BCUT2D eigenvalue weighted by Crippen LogP contribution is -2.28. The predicted molar refractivity (Wildman–Crippen MR) is 40.1 cm³/mol. The van der Waals surface area contributed by atoms with Crippen molar-refractivity contribution >= 4 is 11.9 Å². The second-order valence-corrected chi connectivity index (χ2v) is 2.33. The van der Waals surface area contributed by atoms with E-state index in [1.54, 1.807) is 13.8 Å². The van der Waals surface area contributed by atoms with Gasteiger partial charge < -0.3 is 10.4 Å². The van der Waals surface area contributed by atoms with Crippen LogP contribution in [0.25, 0.3) is 0 Å². The summed E-state index contributed by atoms with van der Waals surface area (Å²) in [6.45, 7) is 3.60. The molecule has 2 N–H and O–H groups in total. The fraction of sp³-hybridized carbons (Fsp3) is 0.429. The standard InChI is InChI=1S/C7H11NO3/c1-5(2)8-6(9)3-4-7(10)11/h3-5H,1-2H3,(H,8,9)(H,10,11). The number of carboxylic acids is 1. The molecule has 0 heterocycles. The molecule has 1 amide bonds. The molecule has 0 rings (SSSR count). The maximum Gasteiger partial charge on any atom is 0.328 e. The van der Waals surface area contributed by atoms with E-state index in [4.69, 9.17) is 5.11 Å². The highest BCUT2D eigenvalue weighted by molar-refractivity contribution is 5.93. The van der Waals surface area contributed by atoms with Gasteiger partial charge in [-0.3, -0.25) is 4.79 Å². The van der Waals surface area contributed by atoms with Crippen LogP contribution in [0, 0.1) is 0 Å². The minimum Gasteiger partial charge on any atom is -0.478 e. The van der Waals surface area contributed by atoms with Crippen LogP contribution in [0.4, 0.5) is 0 Å². The summed E-state index contributed by atoms with van der Waals surface area (Å²) in [5.74, 6) is -1.51. The Labute approximate surface area is 64.9 Å². The molecule has 0 bridgehead atoms. The Morgan fingerprint density at radius 1 is 1.36 bits per heavy atom. The van der Waals surface area contributed by atoms with Gasteiger partial charge in [0.15, 0.2) is 0 Å². The molecule has 0 saturated heterocycles. The molecule has 0 aromatic carbocycles. The van der Waals surface area contributed by atoms with E-state index in [1.807, 2.05) is 0 Å². The van der Waals surface area contributed by atoms with Crippen LogP contribution in [0.3, 0.4) is 0 Å². The minimum absolute atomic E-state index is 0.0287. The van der Waals surface area contributed by atoms with Crippen LogP contribution in [-0.4, -0.2) is 23.0 Å². The van der Waals surface area contributed by atoms with Gasteiger partial charge in [-0.25, -0.2) is 4.79 Å². The van der Waals surface area contributed by atoms with E-state index in [-0.39, 0.29) is 11.9 Å². The van der Waals surface area contributed by atoms with Crippen molar-refractivity contribution in [1.29, 1.82) is 0 Å². The summed E-state index contributed by atoms with van der Waals surface area (Å²) >= 11 is 0. The van der Waals surface area contributed by atoms with Crippen molar-refractivity contribution in [2.75, 3.05) is 0 Å². The summed E-state index contributed by atoms with van der Waals surface area (Å²) in [4.78, 5) is 20.6. The Morgan fingerprint density at radius 3 is 2.27 bits per heavy atom. The molecule has 11 heavy (non-hydrogen) atoms. The molecular weight excluding hydrogens is 146 g/mol. The highest BCUT2D eigenvalue weighted by atomic mass is 16.4. The van der Waals surface area contributed by atoms with E-state index in [0.29, 0.717) is 0 Å². The smallest absolute Gasteiger partial charge is 0.328 e. The van der Waals surface area contributed by atoms with Crippen molar-refractivity contribution in [1.82, 2.24) is 5.32 Å². The van der Waals surface area contributed by atoms with Crippen LogP contribution in [0.5, 0.6) is 0 Å². The Bertz CT molecular complexity index is 184. The molecule has 0 aromatic heterocycles. The van der Waals surface area contributed by atoms with E-state index >= 15 is 0 Å². The first-order chi connectivity index (χ1) is 5.02. The molecule has 0 aliphatic rings. The molecule has 62 valence electrons. The van der Waals surface area contributed by atoms with Crippen LogP contribution >= 0.6 is 0 Å². The van der Waals surface area contributed by atoms with E-state index in [9.17, 15) is 9.59 Å². The molecule has 0 saturated carbocycles. The summed E-state index contributed by atoms with van der Waals surface area (Å²) < 4.78 is 0. The van der Waals surface area contributed by atoms with Gasteiger partial charge in [0.25, 0.3) is 0 Å². The zero-order chi connectivity index (χ0) is 8.85. The first-order valence-corrected chi connectivity index (χ1v) is 3.24. The number of aliphatic carboxylic acids is 1. The van der Waals surface area contributed by atoms with Crippen molar-refractivity contribution < 1.29 is 14.7 Å². The first kappa shape index (κ1) is 9.68. The van der Waals surface area contributed by atoms with E-state index in [1.165, 1.54) is 0 Å². The SMILES string of the molecule is CC(C)NC(=O)C=CC(=O)O. The average molecular weight is 157 g/mol. The summed E-state index contributed by atoms with van der Waals surface area (Å²) in [5, 5.41) is 10.6. The lowest BCUT2D eigenvalue weighted by Gasteiger charge is -2.03. The number of carboxylic acid groups (broad SMARTS) is 1. The first-order valence-electron chi connectivity index (χ1n) is 3.24. The normalized spacial score (nSPS) is 10.5. The summed E-state index contributed by atoms with van der Waals surface area (Å²) in [5.41, 5.74) is 0. The molecule has 0 aliphatic carbocycles. The third-order valence-electron chi connectivity index (χ3n) is 0.808. The number of hydrogen-bond donors (Lipinski definition) is 2. The molecule has 0 spiro atoms. The van der Waals surface area contributed by atoms with Crippen molar-refractivity contribution in [2.24, 2.45) is 0 Å². The average Bonchev–Trinajstić information content (AvgIpc) is 1.82. The van der Waals surface area contributed by atoms with E-state index in [2.05, 4.69) is 5.32 Å². The highest BCUT2D eigenvalue weighted by Crippen LogP contribution is 1.79. The van der Waals surface area contributed by atoms with E-state index < -0.39 is 5.97 Å². The van der Waals surface area contributed by atoms with Crippen molar-refractivity contribution in [3.05, 3.63) is 12.2 Å². The van der Waals surface area contributed by atoms with Gasteiger partial charge in [0, 0.05) is 18.2 Å². The fourth-order valence-electron chi connectivity index (χ4n) is 0.480. The van der Waals surface area contributed by atoms with E-state index in [0.717, 1.165) is 12.2 Å². The second kappa shape index (κ2) is 4.49.